The second-order valence-electron chi connectivity index (χ2n) is 7.13. The van der Waals surface area contributed by atoms with Crippen molar-refractivity contribution in [2.75, 3.05) is 19.7 Å². The van der Waals surface area contributed by atoms with Crippen LogP contribution < -0.4 is 0 Å². The lowest BCUT2D eigenvalue weighted by molar-refractivity contribution is -0.146. The lowest BCUT2D eigenvalue weighted by atomic mass is 9.90. The third-order valence-electron chi connectivity index (χ3n) is 5.30. The number of hydrogen-bond acceptors (Lipinski definition) is 4. The van der Waals surface area contributed by atoms with Crippen LogP contribution in [0.2, 0.25) is 0 Å². The van der Waals surface area contributed by atoms with Crippen LogP contribution in [0.1, 0.15) is 52.0 Å². The van der Waals surface area contributed by atoms with Gasteiger partial charge in [-0.15, -0.1) is 0 Å². The van der Waals surface area contributed by atoms with E-state index in [1.54, 1.807) is 4.90 Å². The molecule has 1 saturated heterocycles. The van der Waals surface area contributed by atoms with Gasteiger partial charge in [-0.25, -0.2) is 4.79 Å². The Hall–Kier alpha value is -1.88. The van der Waals surface area contributed by atoms with Crippen molar-refractivity contribution in [3.8, 4) is 0 Å². The van der Waals surface area contributed by atoms with Gasteiger partial charge in [-0.3, -0.25) is 4.79 Å². The average Bonchev–Trinajstić information content (AvgIpc) is 2.55. The molecule has 0 bridgehead atoms. The Labute approximate surface area is 150 Å². The van der Waals surface area contributed by atoms with Crippen LogP contribution in [0.3, 0.4) is 0 Å². The molecule has 1 aliphatic heterocycles. The number of ether oxygens (including phenoxy) is 2. The van der Waals surface area contributed by atoms with Crippen molar-refractivity contribution >= 4 is 11.9 Å². The molecule has 1 aromatic carbocycles. The smallest absolute Gasteiger partial charge is 0.339 e. The van der Waals surface area contributed by atoms with Crippen LogP contribution >= 0.6 is 0 Å². The standard InChI is InChI=1S/C20H29NO4/c1-11-8-21(9-12(2)25-11)18(22)10-24-20(23)19-16(6)14(4)13(3)15(5)17(19)7/h11-12H,8-10H2,1-7H3. The molecule has 0 radical (unpaired) electrons. The summed E-state index contributed by atoms with van der Waals surface area (Å²) in [4.78, 5) is 26.7. The molecular weight excluding hydrogens is 318 g/mol. The third-order valence-corrected chi connectivity index (χ3v) is 5.30. The van der Waals surface area contributed by atoms with E-state index in [0.29, 0.717) is 18.7 Å². The van der Waals surface area contributed by atoms with Gasteiger partial charge >= 0.3 is 5.97 Å². The number of rotatable bonds is 3. The molecule has 2 unspecified atom stereocenters. The Balaban J connectivity index is 2.10. The Bertz CT molecular complexity index is 656. The molecule has 25 heavy (non-hydrogen) atoms. The van der Waals surface area contributed by atoms with E-state index in [2.05, 4.69) is 6.92 Å². The molecule has 0 aromatic heterocycles. The van der Waals surface area contributed by atoms with Crippen LogP contribution in [0.15, 0.2) is 0 Å². The molecule has 1 aliphatic rings. The largest absolute Gasteiger partial charge is 0.452 e. The van der Waals surface area contributed by atoms with E-state index in [1.807, 2.05) is 41.5 Å². The zero-order chi connectivity index (χ0) is 18.9. The molecule has 2 rings (SSSR count). The summed E-state index contributed by atoms with van der Waals surface area (Å²) in [6.45, 7) is 14.6. The van der Waals surface area contributed by atoms with E-state index < -0.39 is 5.97 Å². The van der Waals surface area contributed by atoms with Gasteiger partial charge < -0.3 is 14.4 Å². The Morgan fingerprint density at radius 1 is 0.920 bits per heavy atom. The maximum absolute atomic E-state index is 12.6. The predicted octanol–water partition coefficient (Wildman–Crippen LogP) is 3.02. The van der Waals surface area contributed by atoms with Crippen LogP contribution in [0.25, 0.3) is 0 Å². The van der Waals surface area contributed by atoms with Crippen LogP contribution in [0.4, 0.5) is 0 Å². The summed E-state index contributed by atoms with van der Waals surface area (Å²) in [6, 6.07) is 0. The molecule has 5 heteroatoms. The lowest BCUT2D eigenvalue weighted by Crippen LogP contribution is -2.49. The molecular formula is C20H29NO4. The number of carbonyl (C=O) groups excluding carboxylic acids is 2. The van der Waals surface area contributed by atoms with Crippen molar-refractivity contribution in [3.63, 3.8) is 0 Å². The van der Waals surface area contributed by atoms with Gasteiger partial charge in [-0.2, -0.15) is 0 Å². The van der Waals surface area contributed by atoms with E-state index in [1.165, 1.54) is 5.56 Å². The number of hydrogen-bond donors (Lipinski definition) is 0. The number of nitrogens with zero attached hydrogens (tertiary/aromatic N) is 1. The maximum atomic E-state index is 12.6. The Morgan fingerprint density at radius 3 is 1.84 bits per heavy atom. The topological polar surface area (TPSA) is 55.8 Å². The molecule has 1 fully saturated rings. The summed E-state index contributed by atoms with van der Waals surface area (Å²) in [7, 11) is 0. The molecule has 0 saturated carbocycles. The second-order valence-corrected chi connectivity index (χ2v) is 7.13. The first kappa shape index (κ1) is 19.4. The highest BCUT2D eigenvalue weighted by Gasteiger charge is 2.27. The average molecular weight is 347 g/mol. The first-order valence-corrected chi connectivity index (χ1v) is 8.80. The fourth-order valence-corrected chi connectivity index (χ4v) is 3.48. The highest BCUT2D eigenvalue weighted by Crippen LogP contribution is 2.26. The highest BCUT2D eigenvalue weighted by molar-refractivity contribution is 5.95. The number of amides is 1. The first-order chi connectivity index (χ1) is 11.6. The monoisotopic (exact) mass is 347 g/mol. The van der Waals surface area contributed by atoms with Gasteiger partial charge in [0, 0.05) is 13.1 Å². The van der Waals surface area contributed by atoms with Gasteiger partial charge in [0.1, 0.15) is 0 Å². The zero-order valence-corrected chi connectivity index (χ0v) is 16.4. The van der Waals surface area contributed by atoms with Crippen molar-refractivity contribution in [1.29, 1.82) is 0 Å². The zero-order valence-electron chi connectivity index (χ0n) is 16.4. The summed E-state index contributed by atoms with van der Waals surface area (Å²) >= 11 is 0. The van der Waals surface area contributed by atoms with Crippen LogP contribution in [-0.4, -0.2) is 48.7 Å². The maximum Gasteiger partial charge on any atom is 0.339 e. The van der Waals surface area contributed by atoms with Crippen molar-refractivity contribution in [2.24, 2.45) is 0 Å². The van der Waals surface area contributed by atoms with Gasteiger partial charge in [0.05, 0.1) is 17.8 Å². The fraction of sp³-hybridized carbons (Fsp3) is 0.600. The molecule has 138 valence electrons. The van der Waals surface area contributed by atoms with Crippen molar-refractivity contribution in [2.45, 2.75) is 60.7 Å². The van der Waals surface area contributed by atoms with Crippen molar-refractivity contribution < 1.29 is 19.1 Å². The van der Waals surface area contributed by atoms with Gasteiger partial charge in [0.25, 0.3) is 5.91 Å². The fourth-order valence-electron chi connectivity index (χ4n) is 3.48. The van der Waals surface area contributed by atoms with Gasteiger partial charge in [0.2, 0.25) is 0 Å². The van der Waals surface area contributed by atoms with E-state index >= 15 is 0 Å². The molecule has 0 aliphatic carbocycles. The molecule has 0 N–H and O–H groups in total. The van der Waals surface area contributed by atoms with Gasteiger partial charge in [-0.1, -0.05) is 0 Å². The number of esters is 1. The quantitative estimate of drug-likeness (QED) is 0.789. The normalized spacial score (nSPS) is 20.5. The second kappa shape index (κ2) is 7.56. The molecule has 2 atom stereocenters. The highest BCUT2D eigenvalue weighted by atomic mass is 16.5. The van der Waals surface area contributed by atoms with Crippen LogP contribution in [-0.2, 0) is 14.3 Å². The summed E-state index contributed by atoms with van der Waals surface area (Å²) in [6.07, 6.45) is -0.00873. The lowest BCUT2D eigenvalue weighted by Gasteiger charge is -2.35. The third kappa shape index (κ3) is 4.03. The molecule has 1 amide bonds. The van der Waals surface area contributed by atoms with Crippen molar-refractivity contribution in [1.82, 2.24) is 4.90 Å². The Kier molecular flexibility index (Phi) is 5.88. The molecule has 0 spiro atoms. The summed E-state index contributed by atoms with van der Waals surface area (Å²) in [5.74, 6) is -0.602. The summed E-state index contributed by atoms with van der Waals surface area (Å²) < 4.78 is 11.0. The minimum atomic E-state index is -0.427. The molecule has 5 nitrogen and oxygen atoms in total. The SMILES string of the molecule is Cc1c(C)c(C)c(C(=O)OCC(=O)N2CC(C)OC(C)C2)c(C)c1C. The number of carbonyl (C=O) groups is 2. The van der Waals surface area contributed by atoms with Crippen LogP contribution in [0, 0.1) is 34.6 Å². The Morgan fingerprint density at radius 2 is 1.36 bits per heavy atom. The summed E-state index contributed by atoms with van der Waals surface area (Å²) in [5, 5.41) is 0. The summed E-state index contributed by atoms with van der Waals surface area (Å²) in [5.41, 5.74) is 5.81. The molecule has 1 heterocycles. The van der Waals surface area contributed by atoms with E-state index in [-0.39, 0.29) is 24.7 Å². The number of benzene rings is 1. The first-order valence-electron chi connectivity index (χ1n) is 8.80. The predicted molar refractivity (Wildman–Crippen MR) is 97.0 cm³/mol. The van der Waals surface area contributed by atoms with E-state index in [9.17, 15) is 9.59 Å². The van der Waals surface area contributed by atoms with E-state index in [0.717, 1.165) is 22.3 Å². The van der Waals surface area contributed by atoms with Crippen molar-refractivity contribution in [3.05, 3.63) is 33.4 Å². The van der Waals surface area contributed by atoms with E-state index in [4.69, 9.17) is 9.47 Å². The minimum Gasteiger partial charge on any atom is -0.452 e. The molecule has 1 aromatic rings. The van der Waals surface area contributed by atoms with Crippen LogP contribution in [0.5, 0.6) is 0 Å². The number of morpholine rings is 1. The van der Waals surface area contributed by atoms with Gasteiger partial charge in [0.15, 0.2) is 6.61 Å². The minimum absolute atomic E-state index is 0.00436. The van der Waals surface area contributed by atoms with Gasteiger partial charge in [-0.05, 0) is 76.3 Å².